The molecular weight excluding hydrogens is 508 g/mol. The number of carbonyl (C=O) groups is 2. The molecule has 2 heterocycles. The van der Waals surface area contributed by atoms with E-state index in [1.807, 2.05) is 36.1 Å². The molecule has 0 spiro atoms. The van der Waals surface area contributed by atoms with Gasteiger partial charge in [-0.15, -0.1) is 0 Å². The molecule has 40 heavy (non-hydrogen) atoms. The van der Waals surface area contributed by atoms with E-state index in [1.54, 1.807) is 19.2 Å². The topological polar surface area (TPSA) is 132 Å². The number of nitrogens with two attached hydrogens (primary N) is 1. The number of nitrogens with one attached hydrogen (secondary N) is 1. The first kappa shape index (κ1) is 28.5. The minimum Gasteiger partial charge on any atom is -0.387 e. The number of amidine groups is 1. The number of rotatable bonds is 8. The van der Waals surface area contributed by atoms with Crippen molar-refractivity contribution in [3.63, 3.8) is 0 Å². The highest BCUT2D eigenvalue weighted by Gasteiger charge is 2.22. The Bertz CT molecular complexity index is 1670. The Hall–Kier alpha value is -4.47. The fourth-order valence-electron chi connectivity index (χ4n) is 5.08. The zero-order valence-electron chi connectivity index (χ0n) is 23.7. The van der Waals surface area contributed by atoms with Gasteiger partial charge in [0.15, 0.2) is 0 Å². The lowest BCUT2D eigenvalue weighted by Crippen LogP contribution is -2.42. The number of benzene rings is 2. The number of hydrogen-bond acceptors (Lipinski definition) is 6. The van der Waals surface area contributed by atoms with Gasteiger partial charge in [-0.25, -0.2) is 9.79 Å². The van der Waals surface area contributed by atoms with Crippen LogP contribution in [0.1, 0.15) is 44.2 Å². The lowest BCUT2D eigenvalue weighted by Gasteiger charge is -2.22. The maximum Gasteiger partial charge on any atom is 0.331 e. The minimum atomic E-state index is -0.573. The zero-order valence-corrected chi connectivity index (χ0v) is 23.7. The Labute approximate surface area is 232 Å². The van der Waals surface area contributed by atoms with Crippen molar-refractivity contribution in [2.24, 2.45) is 17.8 Å². The van der Waals surface area contributed by atoms with Crippen molar-refractivity contribution in [3.8, 4) is 11.1 Å². The average Bonchev–Trinajstić information content (AvgIpc) is 3.11. The highest BCUT2D eigenvalue weighted by molar-refractivity contribution is 6.06. The number of likely N-dealkylation sites (N-methyl/N-ethyl adjacent to an activating group) is 1. The summed E-state index contributed by atoms with van der Waals surface area (Å²) in [6.07, 6.45) is 3.92. The lowest BCUT2D eigenvalue weighted by molar-refractivity contribution is -0.127. The predicted molar refractivity (Wildman–Crippen MR) is 159 cm³/mol. The third-order valence-corrected chi connectivity index (χ3v) is 7.13. The van der Waals surface area contributed by atoms with Crippen molar-refractivity contribution in [3.05, 3.63) is 67.9 Å². The summed E-state index contributed by atoms with van der Waals surface area (Å²) in [6, 6.07) is 9.16. The van der Waals surface area contributed by atoms with Crippen molar-refractivity contribution < 1.29 is 9.59 Å². The van der Waals surface area contributed by atoms with E-state index in [1.165, 1.54) is 11.6 Å². The van der Waals surface area contributed by atoms with Crippen molar-refractivity contribution >= 4 is 40.3 Å². The molecule has 2 aromatic carbocycles. The molecule has 3 N–H and O–H groups in total. The number of hydrogen-bond donors (Lipinski definition) is 2. The van der Waals surface area contributed by atoms with Crippen molar-refractivity contribution in [2.75, 3.05) is 20.1 Å². The van der Waals surface area contributed by atoms with Gasteiger partial charge >= 0.3 is 5.69 Å². The van der Waals surface area contributed by atoms with Crippen LogP contribution in [0.15, 0.2) is 50.5 Å². The van der Waals surface area contributed by atoms with Crippen LogP contribution in [-0.2, 0) is 23.2 Å². The second-order valence-electron chi connectivity index (χ2n) is 10.1. The van der Waals surface area contributed by atoms with Gasteiger partial charge in [-0.2, -0.15) is 0 Å². The van der Waals surface area contributed by atoms with Crippen LogP contribution in [0.2, 0.25) is 0 Å². The van der Waals surface area contributed by atoms with Crippen LogP contribution >= 0.6 is 0 Å². The van der Waals surface area contributed by atoms with Crippen LogP contribution in [-0.4, -0.2) is 51.8 Å². The Morgan fingerprint density at radius 1 is 1.07 bits per heavy atom. The fourth-order valence-corrected chi connectivity index (χ4v) is 5.08. The Kier molecular flexibility index (Phi) is 8.37. The van der Waals surface area contributed by atoms with E-state index in [4.69, 9.17) is 5.73 Å². The van der Waals surface area contributed by atoms with Crippen molar-refractivity contribution in [2.45, 2.75) is 46.6 Å². The molecule has 210 valence electrons. The number of amides is 2. The first-order chi connectivity index (χ1) is 19.1. The molecule has 2 amide bonds. The summed E-state index contributed by atoms with van der Waals surface area (Å²) in [5.74, 6) is -0.0890. The number of aromatic nitrogens is 2. The number of aryl methyl sites for hydroxylation is 2. The van der Waals surface area contributed by atoms with Crippen LogP contribution < -0.4 is 22.3 Å². The van der Waals surface area contributed by atoms with E-state index in [0.717, 1.165) is 39.7 Å². The van der Waals surface area contributed by atoms with Crippen LogP contribution in [0.4, 0.5) is 5.69 Å². The van der Waals surface area contributed by atoms with Gasteiger partial charge in [0.05, 0.1) is 16.6 Å². The number of carbonyl (C=O) groups excluding carboxylic acids is 2. The SMILES string of the molecule is CCCN(CCC)C(=O)C1=Cc2c(C)cc(-c3ccc4c(=O)n(CC(=O)NC)c(=O)n(C)c4c3)cc2N=C(N)C1. The van der Waals surface area contributed by atoms with E-state index < -0.39 is 17.2 Å². The molecule has 1 aliphatic heterocycles. The van der Waals surface area contributed by atoms with Gasteiger partial charge in [0.1, 0.15) is 12.4 Å². The predicted octanol–water partition coefficient (Wildman–Crippen LogP) is 2.85. The second-order valence-corrected chi connectivity index (χ2v) is 10.1. The maximum atomic E-state index is 13.4. The molecule has 0 aliphatic carbocycles. The molecule has 1 aliphatic rings. The van der Waals surface area contributed by atoms with Gasteiger partial charge in [-0.1, -0.05) is 26.0 Å². The molecule has 1 aromatic heterocycles. The molecule has 10 heteroatoms. The molecule has 3 aromatic rings. The monoisotopic (exact) mass is 544 g/mol. The Morgan fingerprint density at radius 3 is 2.42 bits per heavy atom. The summed E-state index contributed by atoms with van der Waals surface area (Å²) in [7, 11) is 3.03. The molecule has 0 bridgehead atoms. The molecule has 0 saturated carbocycles. The third kappa shape index (κ3) is 5.47. The van der Waals surface area contributed by atoms with Crippen LogP contribution in [0, 0.1) is 6.92 Å². The standard InChI is InChI=1S/C30H36N6O4/c1-6-10-35(11-7-2)28(38)21-13-23-18(3)12-20(14-24(23)33-26(31)16-21)19-8-9-22-25(15-19)34(5)30(40)36(29(22)39)17-27(37)32-4/h8-9,12-15H,6-7,10-11,16-17H2,1-5H3,(H2,31,33)(H,32,37). The van der Waals surface area contributed by atoms with Gasteiger partial charge < -0.3 is 16.0 Å². The molecule has 0 saturated heterocycles. The van der Waals surface area contributed by atoms with E-state index in [0.29, 0.717) is 41.1 Å². The normalized spacial score (nSPS) is 12.8. The van der Waals surface area contributed by atoms with E-state index in [-0.39, 0.29) is 18.9 Å². The smallest absolute Gasteiger partial charge is 0.331 e. The fraction of sp³-hybridized carbons (Fsp3) is 0.367. The molecule has 0 atom stereocenters. The highest BCUT2D eigenvalue weighted by Crippen LogP contribution is 2.35. The van der Waals surface area contributed by atoms with Gasteiger partial charge in [0.25, 0.3) is 5.56 Å². The minimum absolute atomic E-state index is 0.0179. The zero-order chi connectivity index (χ0) is 29.1. The van der Waals surface area contributed by atoms with Crippen molar-refractivity contribution in [1.29, 1.82) is 0 Å². The Morgan fingerprint density at radius 2 is 1.77 bits per heavy atom. The van der Waals surface area contributed by atoms with E-state index in [2.05, 4.69) is 24.2 Å². The molecular formula is C30H36N6O4. The molecule has 0 radical (unpaired) electrons. The van der Waals surface area contributed by atoms with Crippen molar-refractivity contribution in [1.82, 2.24) is 19.4 Å². The van der Waals surface area contributed by atoms with E-state index >= 15 is 0 Å². The molecule has 0 fully saturated rings. The first-order valence-electron chi connectivity index (χ1n) is 13.5. The summed E-state index contributed by atoms with van der Waals surface area (Å²) in [6.45, 7) is 7.09. The molecule has 4 rings (SSSR count). The number of nitrogens with zero attached hydrogens (tertiary/aromatic N) is 4. The Balaban J connectivity index is 1.80. The summed E-state index contributed by atoms with van der Waals surface area (Å²) in [4.78, 5) is 57.7. The summed E-state index contributed by atoms with van der Waals surface area (Å²) < 4.78 is 2.30. The van der Waals surface area contributed by atoms with E-state index in [9.17, 15) is 19.2 Å². The highest BCUT2D eigenvalue weighted by atomic mass is 16.2. The number of aliphatic imine (C=N–C) groups is 1. The van der Waals surface area contributed by atoms with Crippen LogP contribution in [0.3, 0.4) is 0 Å². The second kappa shape index (κ2) is 11.7. The quantitative estimate of drug-likeness (QED) is 0.450. The average molecular weight is 545 g/mol. The van der Waals surface area contributed by atoms with Crippen LogP contribution in [0.25, 0.3) is 28.1 Å². The van der Waals surface area contributed by atoms with Gasteiger partial charge in [0.2, 0.25) is 11.8 Å². The van der Waals surface area contributed by atoms with Gasteiger partial charge in [-0.05, 0) is 60.7 Å². The molecule has 10 nitrogen and oxygen atoms in total. The summed E-state index contributed by atoms with van der Waals surface area (Å²) in [5, 5.41) is 2.77. The largest absolute Gasteiger partial charge is 0.387 e. The van der Waals surface area contributed by atoms with Crippen LogP contribution in [0.5, 0.6) is 0 Å². The number of fused-ring (bicyclic) bond motifs is 2. The third-order valence-electron chi connectivity index (χ3n) is 7.13. The first-order valence-corrected chi connectivity index (χ1v) is 13.5. The maximum absolute atomic E-state index is 13.4. The lowest BCUT2D eigenvalue weighted by atomic mass is 9.96. The summed E-state index contributed by atoms with van der Waals surface area (Å²) >= 11 is 0. The van der Waals surface area contributed by atoms with Gasteiger partial charge in [0, 0.05) is 44.7 Å². The molecule has 0 unspecified atom stereocenters. The van der Waals surface area contributed by atoms with Gasteiger partial charge in [-0.3, -0.25) is 23.5 Å². The summed E-state index contributed by atoms with van der Waals surface area (Å²) in [5.41, 5.74) is 10.3.